The van der Waals surface area contributed by atoms with E-state index in [-0.39, 0.29) is 0 Å². The Morgan fingerprint density at radius 1 is 0.105 bits per heavy atom. The number of hydrogen-bond acceptors (Lipinski definition) is 0. The molecule has 0 spiro atoms. The summed E-state index contributed by atoms with van der Waals surface area (Å²) >= 11 is 0. The van der Waals surface area contributed by atoms with Crippen molar-refractivity contribution in [2.75, 3.05) is 0 Å². The number of benzene rings is 21. The Morgan fingerprint density at radius 2 is 0.226 bits per heavy atom. The largest absolute Gasteiger partial charge is 0.0622 e. The molecule has 0 aliphatic rings. The highest BCUT2D eigenvalue weighted by Gasteiger charge is 2.25. The summed E-state index contributed by atoms with van der Waals surface area (Å²) in [5.41, 5.74) is 48.3. The maximum atomic E-state index is 2.56. The van der Waals surface area contributed by atoms with E-state index >= 15 is 0 Å². The molecule has 0 fully saturated rings. The number of rotatable bonds is 16. The molecule has 21 rings (SSSR count). The molecule has 21 aromatic rings. The minimum absolute atomic E-state index is 1.19. The van der Waals surface area contributed by atoms with Crippen LogP contribution >= 0.6 is 0 Å². The van der Waals surface area contributed by atoms with Gasteiger partial charge in [-0.3, -0.25) is 0 Å². The smallest absolute Gasteiger partial charge is 0.00255 e. The van der Waals surface area contributed by atoms with E-state index in [4.69, 9.17) is 0 Å². The number of hydrogen-bond donors (Lipinski definition) is 0. The van der Waals surface area contributed by atoms with E-state index in [1.54, 1.807) is 0 Å². The first-order valence-corrected chi connectivity index (χ1v) is 43.5. The zero-order valence-electron chi connectivity index (χ0n) is 71.3. The molecule has 0 saturated heterocycles. The first kappa shape index (κ1) is 76.3. The van der Waals surface area contributed by atoms with Crippen molar-refractivity contribution in [3.05, 3.63) is 457 Å². The zero-order valence-corrected chi connectivity index (χ0v) is 71.3. The molecule has 124 heavy (non-hydrogen) atoms. The van der Waals surface area contributed by atoms with Gasteiger partial charge in [0.1, 0.15) is 0 Å². The van der Waals surface area contributed by atoms with Crippen LogP contribution in [0.2, 0.25) is 0 Å². The summed E-state index contributed by atoms with van der Waals surface area (Å²) in [6.45, 7) is 18.7. The summed E-state index contributed by atoms with van der Waals surface area (Å²) in [6.07, 6.45) is 0. The van der Waals surface area contributed by atoms with Gasteiger partial charge in [0.2, 0.25) is 0 Å². The molecule has 0 radical (unpaired) electrons. The Balaban J connectivity index is 0.804. The summed E-state index contributed by atoms with van der Waals surface area (Å²) in [4.78, 5) is 0. The van der Waals surface area contributed by atoms with Crippen molar-refractivity contribution < 1.29 is 0 Å². The Bertz CT molecular complexity index is 6470. The summed E-state index contributed by atoms with van der Waals surface area (Å²) in [5.74, 6) is 0. The van der Waals surface area contributed by atoms with E-state index in [2.05, 4.69) is 468 Å². The molecule has 0 aromatic heterocycles. The quantitative estimate of drug-likeness (QED) is 0.0668. The van der Waals surface area contributed by atoms with Crippen LogP contribution in [0.4, 0.5) is 0 Å². The normalized spacial score (nSPS) is 11.5. The molecule has 0 nitrogen and oxygen atoms in total. The van der Waals surface area contributed by atoms with Crippen LogP contribution in [0.25, 0.3) is 221 Å². The highest BCUT2D eigenvalue weighted by molar-refractivity contribution is 6.35. The zero-order chi connectivity index (χ0) is 83.8. The minimum atomic E-state index is 1.19. The van der Waals surface area contributed by atoms with Crippen LogP contribution < -0.4 is 0 Å². The average molecular weight is 1580 g/mol. The second-order valence-electron chi connectivity index (χ2n) is 34.4. The predicted molar refractivity (Wildman–Crippen MR) is 533 cm³/mol. The molecule has 0 amide bonds. The van der Waals surface area contributed by atoms with Gasteiger partial charge in [-0.05, 0) is 442 Å². The summed E-state index contributed by atoms with van der Waals surface area (Å²) in [5, 5.41) is 9.91. The lowest BCUT2D eigenvalue weighted by atomic mass is 9.81. The molecule has 0 unspecified atom stereocenters. The van der Waals surface area contributed by atoms with Crippen LogP contribution in [-0.2, 0) is 0 Å². The van der Waals surface area contributed by atoms with Gasteiger partial charge in [-0.2, -0.15) is 0 Å². The SMILES string of the molecule is Cc1cc(-c2cc(-c3ccccc3)cc(-c3ccccc3)c2)cc(C)c1-c1cc2cc(-c3c(C)cc(-c4cc(-c5ccccc5)cc(-c5ccccc5)c4)cc3C)cc3c4cc(-c5c(C)cc(-c6cc(-c7ccccc7)cc(-c7ccccc7)c6)cc5C)cc5cc(-c6c(C)cc(-c7cc(-c8ccccc8)cc(-c8ccccc8)c7)cc6C)cc(c(c1)c23)c54. The molecule has 0 atom stereocenters. The van der Waals surface area contributed by atoms with E-state index < -0.39 is 0 Å². The van der Waals surface area contributed by atoms with Gasteiger partial charge in [-0.1, -0.05) is 291 Å². The van der Waals surface area contributed by atoms with Gasteiger partial charge in [0.15, 0.2) is 0 Å². The second-order valence-corrected chi connectivity index (χ2v) is 34.4. The fourth-order valence-corrected chi connectivity index (χ4v) is 20.4. The first-order valence-electron chi connectivity index (χ1n) is 43.5. The highest BCUT2D eigenvalue weighted by Crippen LogP contribution is 2.51. The third kappa shape index (κ3) is 14.4. The molecule has 0 heterocycles. The summed E-state index contributed by atoms with van der Waals surface area (Å²) in [6, 6.07) is 155. The summed E-state index contributed by atoms with van der Waals surface area (Å²) < 4.78 is 0. The van der Waals surface area contributed by atoms with Gasteiger partial charge < -0.3 is 0 Å². The van der Waals surface area contributed by atoms with Crippen LogP contribution in [0.5, 0.6) is 0 Å². The van der Waals surface area contributed by atoms with E-state index in [1.165, 1.54) is 266 Å². The molecule has 0 saturated carbocycles. The monoisotopic (exact) mass is 1580 g/mol. The van der Waals surface area contributed by atoms with Gasteiger partial charge in [-0.15, -0.1) is 0 Å². The van der Waals surface area contributed by atoms with Crippen molar-refractivity contribution in [1.29, 1.82) is 0 Å². The lowest BCUT2D eigenvalue weighted by Crippen LogP contribution is -1.97. The first-order chi connectivity index (χ1) is 60.7. The Morgan fingerprint density at radius 3 is 0.363 bits per heavy atom. The molecule has 588 valence electrons. The maximum Gasteiger partial charge on any atom is -0.00255 e. The number of fused-ring (bicyclic) bond motifs is 2. The highest BCUT2D eigenvalue weighted by atomic mass is 14.3. The fraction of sp³-hybridized carbons (Fsp3) is 0.0645. The van der Waals surface area contributed by atoms with Gasteiger partial charge in [0, 0.05) is 0 Å². The lowest BCUT2D eigenvalue weighted by Gasteiger charge is -2.23. The summed E-state index contributed by atoms with van der Waals surface area (Å²) in [7, 11) is 0. The van der Waals surface area contributed by atoms with Crippen molar-refractivity contribution in [3.63, 3.8) is 0 Å². The van der Waals surface area contributed by atoms with Gasteiger partial charge in [0.05, 0.1) is 0 Å². The van der Waals surface area contributed by atoms with Crippen molar-refractivity contribution >= 4 is 43.1 Å². The van der Waals surface area contributed by atoms with Crippen molar-refractivity contribution in [3.8, 4) is 178 Å². The third-order valence-corrected chi connectivity index (χ3v) is 25.9. The van der Waals surface area contributed by atoms with E-state index in [1.807, 2.05) is 0 Å². The van der Waals surface area contributed by atoms with Crippen LogP contribution in [0.15, 0.2) is 413 Å². The maximum absolute atomic E-state index is 2.56. The molecular formula is C124H92. The van der Waals surface area contributed by atoms with E-state index in [9.17, 15) is 0 Å². The van der Waals surface area contributed by atoms with E-state index in [0.29, 0.717) is 0 Å². The van der Waals surface area contributed by atoms with Crippen molar-refractivity contribution in [2.45, 2.75) is 55.4 Å². The van der Waals surface area contributed by atoms with Crippen molar-refractivity contribution in [2.24, 2.45) is 0 Å². The van der Waals surface area contributed by atoms with Gasteiger partial charge in [-0.25, -0.2) is 0 Å². The molecule has 0 aliphatic carbocycles. The van der Waals surface area contributed by atoms with Crippen molar-refractivity contribution in [1.82, 2.24) is 0 Å². The lowest BCUT2D eigenvalue weighted by molar-refractivity contribution is 1.37. The second kappa shape index (κ2) is 31.8. The Hall–Kier alpha value is -15.1. The molecule has 0 heteroatoms. The van der Waals surface area contributed by atoms with Gasteiger partial charge >= 0.3 is 0 Å². The average Bonchev–Trinajstić information content (AvgIpc) is 0.699. The molecule has 21 aromatic carbocycles. The Labute approximate surface area is 728 Å². The Kier molecular flexibility index (Phi) is 19.6. The van der Waals surface area contributed by atoms with Crippen LogP contribution in [0.1, 0.15) is 44.5 Å². The van der Waals surface area contributed by atoms with E-state index in [0.717, 1.165) is 0 Å². The van der Waals surface area contributed by atoms with Crippen LogP contribution in [0.3, 0.4) is 0 Å². The third-order valence-electron chi connectivity index (χ3n) is 25.9. The standard InChI is InChI=1S/C124H92/c1-77-49-93(105-61-97(85-33-17-9-18-34-85)57-98(62-105)86-35-19-10-20-36-86)50-78(2)119(77)111-69-109-70-112(120-79(3)51-94(52-80(120)4)106-63-99(87-37-21-11-22-38-87)58-100(64-106)88-39-23-12-24-40-88)75-117-118-76-114(122-83(7)55-96(56-84(122)8)108-67-103(91-45-29-15-30-46-91)60-104(68-108)92-47-31-16-32-48-92)72-110-71-113(74-116(124(110)118)115(73-111)123(109)117)121-81(5)53-95(54-82(121)6)107-65-101(89-41-25-13-26-42-89)59-102(66-107)90-43-27-14-28-44-90/h9-76H,1-8H3. The van der Waals surface area contributed by atoms with Crippen LogP contribution in [-0.4, -0.2) is 0 Å². The molecule has 0 bridgehead atoms. The molecule has 0 N–H and O–H groups in total. The predicted octanol–water partition coefficient (Wildman–Crippen LogP) is 34.9. The van der Waals surface area contributed by atoms with Gasteiger partial charge in [0.25, 0.3) is 0 Å². The minimum Gasteiger partial charge on any atom is -0.0622 e. The molecule has 0 aliphatic heterocycles. The topological polar surface area (TPSA) is 0 Å². The fourth-order valence-electron chi connectivity index (χ4n) is 20.4. The van der Waals surface area contributed by atoms with Crippen LogP contribution in [0, 0.1) is 55.4 Å². The molecular weight excluding hydrogens is 1490 g/mol. The number of aryl methyl sites for hydroxylation is 8.